The summed E-state index contributed by atoms with van der Waals surface area (Å²) in [7, 11) is 0. The minimum absolute atomic E-state index is 0.0707. The van der Waals surface area contributed by atoms with Gasteiger partial charge < -0.3 is 30.9 Å². The molecule has 6 atom stereocenters. The first-order valence-corrected chi connectivity index (χ1v) is 10.2. The Morgan fingerprint density at radius 3 is 2.73 bits per heavy atom. The number of benzene rings is 1. The van der Waals surface area contributed by atoms with Crippen molar-refractivity contribution in [3.63, 3.8) is 0 Å². The summed E-state index contributed by atoms with van der Waals surface area (Å²) in [5.41, 5.74) is -0.181. The summed E-state index contributed by atoms with van der Waals surface area (Å²) in [6.07, 6.45) is -6.54. The van der Waals surface area contributed by atoms with Crippen molar-refractivity contribution in [2.45, 2.75) is 48.7 Å². The van der Waals surface area contributed by atoms with Crippen molar-refractivity contribution in [2.75, 3.05) is 6.61 Å². The number of nitrogens with one attached hydrogen (secondary N) is 1. The Balaban J connectivity index is 1.57. The van der Waals surface area contributed by atoms with Crippen LogP contribution in [0.5, 0.6) is 0 Å². The highest BCUT2D eigenvalue weighted by molar-refractivity contribution is 6.31. The molecule has 0 aromatic heterocycles. The molecule has 5 unspecified atom stereocenters. The van der Waals surface area contributed by atoms with Gasteiger partial charge in [0.15, 0.2) is 23.5 Å². The Kier molecular flexibility index (Phi) is 4.29. The van der Waals surface area contributed by atoms with Gasteiger partial charge in [-0.2, -0.15) is 13.2 Å². The zero-order valence-corrected chi connectivity index (χ0v) is 17.7. The van der Waals surface area contributed by atoms with Crippen LogP contribution in [0.25, 0.3) is 0 Å². The van der Waals surface area contributed by atoms with Crippen molar-refractivity contribution in [2.24, 2.45) is 10.7 Å². The number of carbonyl (C=O) groups excluding carboxylic acids is 1. The SMILES string of the molecule is C=C1NC2C(CO)N=C(N)N3C(C)[C@H](OC(=O)c4c(C(F)(F)F)ccc(Cl)c4F)C4(O)N1C234. The highest BCUT2D eigenvalue weighted by Crippen LogP contribution is 2.69. The highest BCUT2D eigenvalue weighted by Gasteiger charge is 2.95. The first-order chi connectivity index (χ1) is 15.3. The molecule has 9 nitrogen and oxygen atoms in total. The molecule has 0 amide bonds. The molecule has 0 radical (unpaired) electrons. The maximum atomic E-state index is 14.6. The number of halogens is 5. The predicted octanol–water partition coefficient (Wildman–Crippen LogP) is 0.560. The lowest BCUT2D eigenvalue weighted by molar-refractivity contribution is -0.138. The monoisotopic (exact) mass is 491 g/mol. The number of hydrogen-bond donors (Lipinski definition) is 4. The summed E-state index contributed by atoms with van der Waals surface area (Å²) in [4.78, 5) is 19.9. The van der Waals surface area contributed by atoms with E-state index in [4.69, 9.17) is 22.1 Å². The van der Waals surface area contributed by atoms with Gasteiger partial charge in [-0.15, -0.1) is 0 Å². The van der Waals surface area contributed by atoms with Crippen LogP contribution in [-0.4, -0.2) is 74.2 Å². The number of rotatable bonds is 3. The maximum Gasteiger partial charge on any atom is 0.417 e. The first-order valence-electron chi connectivity index (χ1n) is 9.81. The Bertz CT molecular complexity index is 1130. The van der Waals surface area contributed by atoms with Gasteiger partial charge in [-0.3, -0.25) is 4.90 Å². The summed E-state index contributed by atoms with van der Waals surface area (Å²) < 4.78 is 60.3. The molecule has 4 heterocycles. The molecule has 1 aromatic carbocycles. The van der Waals surface area contributed by atoms with Gasteiger partial charge in [-0.05, 0) is 19.1 Å². The number of esters is 1. The lowest BCUT2D eigenvalue weighted by Gasteiger charge is -2.40. The van der Waals surface area contributed by atoms with E-state index >= 15 is 0 Å². The average molecular weight is 492 g/mol. The van der Waals surface area contributed by atoms with Crippen LogP contribution in [-0.2, 0) is 10.9 Å². The number of guanidine groups is 1. The number of fused-ring (bicyclic) bond motifs is 1. The first kappa shape index (κ1) is 22.0. The summed E-state index contributed by atoms with van der Waals surface area (Å²) >= 11 is 5.62. The molecule has 1 aromatic rings. The number of aliphatic imine (C=N–C) groups is 1. The molecular weight excluding hydrogens is 474 g/mol. The predicted molar refractivity (Wildman–Crippen MR) is 105 cm³/mol. The van der Waals surface area contributed by atoms with Crippen LogP contribution < -0.4 is 11.1 Å². The Morgan fingerprint density at radius 2 is 2.12 bits per heavy atom. The van der Waals surface area contributed by atoms with E-state index in [1.54, 1.807) is 0 Å². The third kappa shape index (κ3) is 2.39. The van der Waals surface area contributed by atoms with Crippen molar-refractivity contribution >= 4 is 23.5 Å². The number of carbonyl (C=O) groups is 1. The third-order valence-electron chi connectivity index (χ3n) is 6.76. The van der Waals surface area contributed by atoms with Crippen molar-refractivity contribution < 1.29 is 37.3 Å². The van der Waals surface area contributed by atoms with Gasteiger partial charge in [-0.25, -0.2) is 14.2 Å². The lowest BCUT2D eigenvalue weighted by Crippen LogP contribution is -2.64. The molecule has 14 heteroatoms. The molecule has 3 fully saturated rings. The number of alkyl halides is 3. The van der Waals surface area contributed by atoms with Crippen molar-refractivity contribution in [1.29, 1.82) is 0 Å². The van der Waals surface area contributed by atoms with E-state index in [1.165, 1.54) is 16.7 Å². The number of nitrogens with zero attached hydrogens (tertiary/aromatic N) is 3. The van der Waals surface area contributed by atoms with Crippen LogP contribution in [0.3, 0.4) is 0 Å². The van der Waals surface area contributed by atoms with Crippen molar-refractivity contribution in [1.82, 2.24) is 15.1 Å². The molecular formula is C19H18ClF4N5O4. The normalized spacial score (nSPS) is 36.2. The van der Waals surface area contributed by atoms with E-state index in [2.05, 4.69) is 16.9 Å². The van der Waals surface area contributed by atoms with Gasteiger partial charge >= 0.3 is 12.1 Å². The van der Waals surface area contributed by atoms with Crippen LogP contribution >= 0.6 is 11.6 Å². The van der Waals surface area contributed by atoms with Crippen LogP contribution in [0.4, 0.5) is 17.6 Å². The molecule has 3 saturated heterocycles. The van der Waals surface area contributed by atoms with Crippen LogP contribution in [0, 0.1) is 5.82 Å². The Hall–Kier alpha value is -2.77. The third-order valence-corrected chi connectivity index (χ3v) is 7.06. The number of ether oxygens (including phenoxy) is 1. The largest absolute Gasteiger partial charge is 0.451 e. The second-order valence-corrected chi connectivity index (χ2v) is 8.72. The van der Waals surface area contributed by atoms with E-state index in [-0.39, 0.29) is 11.8 Å². The second kappa shape index (κ2) is 6.42. The molecule has 5 N–H and O–H groups in total. The smallest absolute Gasteiger partial charge is 0.417 e. The number of aliphatic hydroxyl groups excluding tert-OH is 1. The highest BCUT2D eigenvalue weighted by atomic mass is 35.5. The fourth-order valence-electron chi connectivity index (χ4n) is 5.59. The fourth-order valence-corrected chi connectivity index (χ4v) is 5.75. The van der Waals surface area contributed by atoms with Gasteiger partial charge in [-0.1, -0.05) is 18.2 Å². The zero-order valence-electron chi connectivity index (χ0n) is 16.9. The minimum Gasteiger partial charge on any atom is -0.451 e. The molecule has 4 aliphatic rings. The Morgan fingerprint density at radius 1 is 1.45 bits per heavy atom. The number of aliphatic hydroxyl groups is 2. The summed E-state index contributed by atoms with van der Waals surface area (Å²) in [5, 5.41) is 23.6. The summed E-state index contributed by atoms with van der Waals surface area (Å²) in [6.45, 7) is 4.91. The molecule has 178 valence electrons. The van der Waals surface area contributed by atoms with E-state index in [0.29, 0.717) is 12.1 Å². The lowest BCUT2D eigenvalue weighted by atomic mass is 9.94. The molecule has 5 rings (SSSR count). The fraction of sp³-hybridized carbons (Fsp3) is 0.474. The molecule has 33 heavy (non-hydrogen) atoms. The average Bonchev–Trinajstić information content (AvgIpc) is 2.99. The van der Waals surface area contributed by atoms with E-state index in [0.717, 1.165) is 0 Å². The summed E-state index contributed by atoms with van der Waals surface area (Å²) in [6, 6.07) is -1.20. The van der Waals surface area contributed by atoms with E-state index < -0.39 is 76.3 Å². The molecule has 0 bridgehead atoms. The van der Waals surface area contributed by atoms with Crippen LogP contribution in [0.15, 0.2) is 29.5 Å². The summed E-state index contributed by atoms with van der Waals surface area (Å²) in [5.74, 6) is -3.10. The zero-order chi connectivity index (χ0) is 24.2. The van der Waals surface area contributed by atoms with Gasteiger partial charge in [0.05, 0.1) is 35.1 Å². The van der Waals surface area contributed by atoms with E-state index in [9.17, 15) is 32.6 Å². The van der Waals surface area contributed by atoms with Crippen LogP contribution in [0.1, 0.15) is 22.8 Å². The van der Waals surface area contributed by atoms with Gasteiger partial charge in [0.25, 0.3) is 0 Å². The van der Waals surface area contributed by atoms with E-state index in [1.807, 2.05) is 0 Å². The van der Waals surface area contributed by atoms with Crippen molar-refractivity contribution in [3.05, 3.63) is 46.5 Å². The quantitative estimate of drug-likeness (QED) is 0.275. The topological polar surface area (TPSA) is 123 Å². The maximum absolute atomic E-state index is 14.6. The second-order valence-electron chi connectivity index (χ2n) is 8.31. The van der Waals surface area contributed by atoms with Gasteiger partial charge in [0.1, 0.15) is 11.6 Å². The molecule has 0 saturated carbocycles. The van der Waals surface area contributed by atoms with Crippen LogP contribution in [0.2, 0.25) is 5.02 Å². The minimum atomic E-state index is -5.07. The molecule has 1 spiro atoms. The van der Waals surface area contributed by atoms with Gasteiger partial charge in [0, 0.05) is 0 Å². The standard InChI is InChI=1S/C19H18ClF4N5O4/c1-6-14(33-15(31)11-8(19(22,23)24)3-4-9(20)12(11)21)18(32)17-13(26-7(2)29(17)18)10(5-30)27-16(25)28(6)17/h3-4,6,10,13-14,26,30,32H,2,5H2,1H3,(H2,25,27)/t6?,10?,13?,14-,17?,18?,29?/m0/s1. The Labute approximate surface area is 189 Å². The van der Waals surface area contributed by atoms with Crippen molar-refractivity contribution in [3.8, 4) is 0 Å². The number of hydrogen-bond acceptors (Lipinski definition) is 9. The number of nitrogens with two attached hydrogens (primary N) is 1. The molecule has 0 aliphatic carbocycles. The van der Waals surface area contributed by atoms with Gasteiger partial charge in [0.2, 0.25) is 5.72 Å². The molecule has 4 aliphatic heterocycles.